The van der Waals surface area contributed by atoms with Gasteiger partial charge in [0.05, 0.1) is 4.90 Å². The molecule has 0 bridgehead atoms. The summed E-state index contributed by atoms with van der Waals surface area (Å²) in [6.07, 6.45) is 0. The number of hydrogen-bond acceptors (Lipinski definition) is 5. The first-order valence-electron chi connectivity index (χ1n) is 5.37. The van der Waals surface area contributed by atoms with Crippen LogP contribution >= 0.6 is 27.3 Å². The minimum atomic E-state index is -3.62. The number of nitrogens with zero attached hydrogens (tertiary/aromatic N) is 3. The summed E-state index contributed by atoms with van der Waals surface area (Å²) < 4.78 is 27.0. The third-order valence-electron chi connectivity index (χ3n) is 2.57. The fourth-order valence-electron chi connectivity index (χ4n) is 1.52. The quantitative estimate of drug-likeness (QED) is 0.842. The first-order valence-corrected chi connectivity index (χ1v) is 8.42. The van der Waals surface area contributed by atoms with E-state index in [9.17, 15) is 8.42 Å². The molecule has 19 heavy (non-hydrogen) atoms. The van der Waals surface area contributed by atoms with E-state index in [4.69, 9.17) is 0 Å². The maximum absolute atomic E-state index is 12.6. The molecule has 0 radical (unpaired) electrons. The van der Waals surface area contributed by atoms with Crippen molar-refractivity contribution >= 4 is 42.4 Å². The molecule has 0 aliphatic carbocycles. The van der Waals surface area contributed by atoms with Crippen molar-refractivity contribution in [3.05, 3.63) is 33.2 Å². The zero-order valence-corrected chi connectivity index (χ0v) is 13.8. The van der Waals surface area contributed by atoms with Gasteiger partial charge in [-0.3, -0.25) is 0 Å². The van der Waals surface area contributed by atoms with Gasteiger partial charge in [0.2, 0.25) is 5.13 Å². The summed E-state index contributed by atoms with van der Waals surface area (Å²) in [4.78, 5) is 0.261. The second-order valence-corrected chi connectivity index (χ2v) is 8.00. The largest absolute Gasteiger partial charge is 0.266 e. The maximum Gasteiger partial charge on any atom is 0.266 e. The first kappa shape index (κ1) is 14.4. The number of hydrogen-bond donors (Lipinski definition) is 0. The van der Waals surface area contributed by atoms with Gasteiger partial charge in [-0.25, -0.2) is 12.7 Å². The molecule has 0 fully saturated rings. The van der Waals surface area contributed by atoms with Crippen LogP contribution in [0.5, 0.6) is 0 Å². The Morgan fingerprint density at radius 3 is 2.53 bits per heavy atom. The van der Waals surface area contributed by atoms with Crippen LogP contribution in [0.4, 0.5) is 5.13 Å². The predicted molar refractivity (Wildman–Crippen MR) is 79.1 cm³/mol. The third kappa shape index (κ3) is 2.80. The lowest BCUT2D eigenvalue weighted by molar-refractivity contribution is 0.593. The van der Waals surface area contributed by atoms with E-state index in [1.165, 1.54) is 18.4 Å². The highest BCUT2D eigenvalue weighted by Gasteiger charge is 2.25. The van der Waals surface area contributed by atoms with Crippen molar-refractivity contribution in [3.8, 4) is 0 Å². The molecule has 1 aromatic carbocycles. The van der Waals surface area contributed by atoms with Crippen LogP contribution in [0.1, 0.15) is 10.6 Å². The summed E-state index contributed by atoms with van der Waals surface area (Å²) in [6, 6.07) is 5.16. The minimum absolute atomic E-state index is 0.261. The van der Waals surface area contributed by atoms with E-state index in [1.807, 2.05) is 6.07 Å². The van der Waals surface area contributed by atoms with E-state index >= 15 is 0 Å². The zero-order valence-electron chi connectivity index (χ0n) is 10.6. The molecule has 1 aromatic heterocycles. The lowest BCUT2D eigenvalue weighted by atomic mass is 10.2. The van der Waals surface area contributed by atoms with E-state index in [-0.39, 0.29) is 4.90 Å². The van der Waals surface area contributed by atoms with Crippen LogP contribution in [0.3, 0.4) is 0 Å². The fourth-order valence-corrected chi connectivity index (χ4v) is 4.28. The fraction of sp³-hybridized carbons (Fsp3) is 0.273. The summed E-state index contributed by atoms with van der Waals surface area (Å²) >= 11 is 4.53. The number of aryl methyl sites for hydroxylation is 2. The summed E-state index contributed by atoms with van der Waals surface area (Å²) in [5.41, 5.74) is 0.691. The van der Waals surface area contributed by atoms with E-state index in [0.29, 0.717) is 10.7 Å². The van der Waals surface area contributed by atoms with Crippen molar-refractivity contribution in [1.29, 1.82) is 0 Å². The van der Waals surface area contributed by atoms with E-state index in [2.05, 4.69) is 26.1 Å². The van der Waals surface area contributed by atoms with Crippen LogP contribution in [-0.2, 0) is 10.0 Å². The normalized spacial score (nSPS) is 11.6. The van der Waals surface area contributed by atoms with Crippen molar-refractivity contribution in [1.82, 2.24) is 10.2 Å². The molecule has 1 heterocycles. The van der Waals surface area contributed by atoms with Crippen molar-refractivity contribution in [3.63, 3.8) is 0 Å². The molecule has 0 N–H and O–H groups in total. The Hall–Kier alpha value is -0.990. The molecule has 0 saturated carbocycles. The second kappa shape index (κ2) is 5.18. The minimum Gasteiger partial charge on any atom is -0.243 e. The van der Waals surface area contributed by atoms with Crippen molar-refractivity contribution in [2.24, 2.45) is 0 Å². The highest BCUT2D eigenvalue weighted by atomic mass is 79.9. The van der Waals surface area contributed by atoms with Crippen LogP contribution in [-0.4, -0.2) is 25.7 Å². The Morgan fingerprint density at radius 2 is 1.95 bits per heavy atom. The van der Waals surface area contributed by atoms with Crippen LogP contribution in [0.25, 0.3) is 0 Å². The number of benzene rings is 1. The smallest absolute Gasteiger partial charge is 0.243 e. The van der Waals surface area contributed by atoms with Crippen LogP contribution < -0.4 is 4.31 Å². The summed E-state index contributed by atoms with van der Waals surface area (Å²) in [5, 5.41) is 8.78. The van der Waals surface area contributed by atoms with Crippen molar-refractivity contribution in [2.45, 2.75) is 18.7 Å². The van der Waals surface area contributed by atoms with Crippen LogP contribution in [0.2, 0.25) is 0 Å². The van der Waals surface area contributed by atoms with Gasteiger partial charge < -0.3 is 0 Å². The number of aromatic nitrogens is 2. The Morgan fingerprint density at radius 1 is 1.26 bits per heavy atom. The number of halogens is 1. The molecule has 0 aliphatic rings. The van der Waals surface area contributed by atoms with Gasteiger partial charge in [-0.15, -0.1) is 10.2 Å². The molecule has 0 unspecified atom stereocenters. The number of sulfonamides is 1. The zero-order chi connectivity index (χ0) is 14.2. The molecule has 102 valence electrons. The standard InChI is InChI=1S/C11H12BrN3O2S2/c1-7-4-5-9(12)6-10(7)19(16,17)15(3)11-14-13-8(2)18-11/h4-6H,1-3H3. The molecule has 0 aliphatic heterocycles. The van der Waals surface area contributed by atoms with Crippen molar-refractivity contribution in [2.75, 3.05) is 11.4 Å². The summed E-state index contributed by atoms with van der Waals surface area (Å²) in [6.45, 7) is 3.55. The van der Waals surface area contributed by atoms with Gasteiger partial charge in [0.25, 0.3) is 10.0 Å². The third-order valence-corrected chi connectivity index (χ3v) is 5.99. The van der Waals surface area contributed by atoms with Crippen LogP contribution in [0, 0.1) is 13.8 Å². The average Bonchev–Trinajstić information content (AvgIpc) is 2.77. The molecular weight excluding hydrogens is 350 g/mol. The number of anilines is 1. The Labute approximate surface area is 124 Å². The summed E-state index contributed by atoms with van der Waals surface area (Å²) in [5.74, 6) is 0. The molecule has 2 aromatic rings. The molecule has 0 amide bonds. The predicted octanol–water partition coefficient (Wildman–Crippen LogP) is 2.74. The van der Waals surface area contributed by atoms with Gasteiger partial charge in [-0.2, -0.15) is 0 Å². The van der Waals surface area contributed by atoms with Crippen molar-refractivity contribution < 1.29 is 8.42 Å². The lowest BCUT2D eigenvalue weighted by Gasteiger charge is -2.17. The molecular formula is C11H12BrN3O2S2. The lowest BCUT2D eigenvalue weighted by Crippen LogP contribution is -2.27. The van der Waals surface area contributed by atoms with Gasteiger partial charge in [-0.1, -0.05) is 33.3 Å². The van der Waals surface area contributed by atoms with Crippen LogP contribution in [0.15, 0.2) is 27.6 Å². The van der Waals surface area contributed by atoms with Gasteiger partial charge in [0, 0.05) is 11.5 Å². The van der Waals surface area contributed by atoms with Gasteiger partial charge in [-0.05, 0) is 31.5 Å². The monoisotopic (exact) mass is 361 g/mol. The molecule has 0 atom stereocenters. The van der Waals surface area contributed by atoms with Gasteiger partial charge in [0.15, 0.2) is 0 Å². The average molecular weight is 362 g/mol. The van der Waals surface area contributed by atoms with E-state index < -0.39 is 10.0 Å². The SMILES string of the molecule is Cc1nnc(N(C)S(=O)(=O)c2cc(Br)ccc2C)s1. The molecule has 0 spiro atoms. The van der Waals surface area contributed by atoms with E-state index in [0.717, 1.165) is 13.8 Å². The Bertz CT molecular complexity index is 712. The molecule has 2 rings (SSSR count). The van der Waals surface area contributed by atoms with Gasteiger partial charge >= 0.3 is 0 Å². The highest BCUT2D eigenvalue weighted by Crippen LogP contribution is 2.28. The van der Waals surface area contributed by atoms with Gasteiger partial charge in [0.1, 0.15) is 5.01 Å². The molecule has 5 nitrogen and oxygen atoms in total. The molecule has 0 saturated heterocycles. The number of rotatable bonds is 3. The molecule has 8 heteroatoms. The highest BCUT2D eigenvalue weighted by molar-refractivity contribution is 9.10. The topological polar surface area (TPSA) is 63.2 Å². The Kier molecular flexibility index (Phi) is 3.93. The Balaban J connectivity index is 2.50. The maximum atomic E-state index is 12.6. The first-order chi connectivity index (χ1) is 8.82. The summed E-state index contributed by atoms with van der Waals surface area (Å²) in [7, 11) is -2.14. The second-order valence-electron chi connectivity index (χ2n) is 3.99. The van der Waals surface area contributed by atoms with E-state index in [1.54, 1.807) is 26.0 Å².